The van der Waals surface area contributed by atoms with Gasteiger partial charge in [0.1, 0.15) is 6.54 Å². The van der Waals surface area contributed by atoms with Crippen LogP contribution in [0.4, 0.5) is 18.9 Å². The Morgan fingerprint density at radius 1 is 1.27 bits per heavy atom. The van der Waals surface area contributed by atoms with Gasteiger partial charge in [-0.25, -0.2) is 0 Å². The molecule has 0 fully saturated rings. The summed E-state index contributed by atoms with van der Waals surface area (Å²) in [6, 6.07) is 0. The lowest BCUT2D eigenvalue weighted by Gasteiger charge is -2.08. The zero-order valence-electron chi connectivity index (χ0n) is 7.49. The third kappa shape index (κ3) is 1.85. The van der Waals surface area contributed by atoms with Gasteiger partial charge in [-0.3, -0.25) is 9.67 Å². The molecule has 4 nitrogen and oxygen atoms in total. The van der Waals surface area contributed by atoms with Crippen LogP contribution in [0.3, 0.4) is 0 Å². The minimum Gasteiger partial charge on any atom is -0.396 e. The van der Waals surface area contributed by atoms with Crippen LogP contribution in [-0.2, 0) is 6.54 Å². The lowest BCUT2D eigenvalue weighted by molar-refractivity contribution is -0.141. The monoisotopic (exact) mass is 216 g/mol. The number of hydrogen-bond acceptors (Lipinski definition) is 3. The molecule has 0 unspecified atom stereocenters. The molecule has 0 saturated carbocycles. The van der Waals surface area contributed by atoms with Crippen molar-refractivity contribution in [3.05, 3.63) is 18.6 Å². The molecule has 0 aliphatic rings. The molecule has 0 aliphatic heterocycles. The van der Waals surface area contributed by atoms with Crippen LogP contribution in [0.5, 0.6) is 0 Å². The average Bonchev–Trinajstić information content (AvgIpc) is 2.47. The Morgan fingerprint density at radius 3 is 2.67 bits per heavy atom. The fraction of sp³-hybridized carbons (Fsp3) is 0.250. The molecule has 2 rings (SSSR count). The van der Waals surface area contributed by atoms with Crippen molar-refractivity contribution in [2.45, 2.75) is 12.7 Å². The van der Waals surface area contributed by atoms with Gasteiger partial charge in [0.2, 0.25) is 0 Å². The number of alkyl halides is 3. The van der Waals surface area contributed by atoms with Gasteiger partial charge in [-0.1, -0.05) is 0 Å². The number of nitrogens with two attached hydrogens (primary N) is 1. The molecule has 0 saturated heterocycles. The highest BCUT2D eigenvalue weighted by Crippen LogP contribution is 2.23. The summed E-state index contributed by atoms with van der Waals surface area (Å²) < 4.78 is 37.3. The number of aromatic nitrogens is 3. The Labute approximate surface area is 82.5 Å². The van der Waals surface area contributed by atoms with Crippen molar-refractivity contribution >= 4 is 16.6 Å². The van der Waals surface area contributed by atoms with Crippen molar-refractivity contribution in [3.63, 3.8) is 0 Å². The van der Waals surface area contributed by atoms with E-state index in [1.54, 1.807) is 0 Å². The number of nitrogen functional groups attached to an aromatic ring is 1. The van der Waals surface area contributed by atoms with E-state index in [0.717, 1.165) is 4.68 Å². The van der Waals surface area contributed by atoms with E-state index in [-0.39, 0.29) is 11.2 Å². The van der Waals surface area contributed by atoms with E-state index in [4.69, 9.17) is 5.73 Å². The molecule has 0 spiro atoms. The first-order valence-electron chi connectivity index (χ1n) is 4.09. The molecule has 7 heteroatoms. The van der Waals surface area contributed by atoms with Gasteiger partial charge in [-0.15, -0.1) is 0 Å². The van der Waals surface area contributed by atoms with Gasteiger partial charge < -0.3 is 5.73 Å². The largest absolute Gasteiger partial charge is 0.408 e. The maximum Gasteiger partial charge on any atom is 0.408 e. The molecule has 2 aromatic heterocycles. The van der Waals surface area contributed by atoms with Crippen molar-refractivity contribution in [2.24, 2.45) is 0 Å². The van der Waals surface area contributed by atoms with E-state index in [0.29, 0.717) is 5.39 Å². The highest BCUT2D eigenvalue weighted by atomic mass is 19.4. The van der Waals surface area contributed by atoms with Gasteiger partial charge >= 0.3 is 6.18 Å². The van der Waals surface area contributed by atoms with Crippen LogP contribution in [0.1, 0.15) is 0 Å². The minimum absolute atomic E-state index is 0.189. The van der Waals surface area contributed by atoms with E-state index in [9.17, 15) is 13.2 Å². The van der Waals surface area contributed by atoms with Crippen LogP contribution in [0.25, 0.3) is 10.9 Å². The van der Waals surface area contributed by atoms with E-state index in [2.05, 4.69) is 10.1 Å². The first-order valence-corrected chi connectivity index (χ1v) is 4.09. The fourth-order valence-corrected chi connectivity index (χ4v) is 1.36. The van der Waals surface area contributed by atoms with E-state index < -0.39 is 12.7 Å². The third-order valence-corrected chi connectivity index (χ3v) is 1.90. The first kappa shape index (κ1) is 9.75. The van der Waals surface area contributed by atoms with Gasteiger partial charge in [0.05, 0.1) is 23.6 Å². The Balaban J connectivity index is 2.53. The second-order valence-electron chi connectivity index (χ2n) is 3.08. The van der Waals surface area contributed by atoms with Gasteiger partial charge in [-0.2, -0.15) is 18.3 Å². The maximum atomic E-state index is 12.2. The summed E-state index contributed by atoms with van der Waals surface area (Å²) in [5.41, 5.74) is 5.98. The van der Waals surface area contributed by atoms with Crippen molar-refractivity contribution in [2.75, 3.05) is 5.73 Å². The Kier molecular flexibility index (Phi) is 2.02. The zero-order valence-corrected chi connectivity index (χ0v) is 7.49. The SMILES string of the molecule is Nc1cncc2cnn(CC(F)(F)F)c12. The summed E-state index contributed by atoms with van der Waals surface area (Å²) in [7, 11) is 0. The van der Waals surface area contributed by atoms with E-state index in [1.807, 2.05) is 0 Å². The number of hydrogen-bond donors (Lipinski definition) is 1. The van der Waals surface area contributed by atoms with Gasteiger partial charge in [0.25, 0.3) is 0 Å². The highest BCUT2D eigenvalue weighted by molar-refractivity contribution is 5.88. The quantitative estimate of drug-likeness (QED) is 0.787. The molecule has 0 bridgehead atoms. The third-order valence-electron chi connectivity index (χ3n) is 1.90. The number of rotatable bonds is 1. The molecular formula is C8H7F3N4. The van der Waals surface area contributed by atoms with E-state index >= 15 is 0 Å². The second kappa shape index (κ2) is 3.11. The topological polar surface area (TPSA) is 56.7 Å². The van der Waals surface area contributed by atoms with E-state index in [1.165, 1.54) is 18.6 Å². The minimum atomic E-state index is -4.31. The smallest absolute Gasteiger partial charge is 0.396 e. The molecule has 2 aromatic rings. The Hall–Kier alpha value is -1.79. The van der Waals surface area contributed by atoms with Crippen LogP contribution in [0, 0.1) is 0 Å². The number of fused-ring (bicyclic) bond motifs is 1. The average molecular weight is 216 g/mol. The number of halogens is 3. The normalized spacial score (nSPS) is 12.2. The summed E-state index contributed by atoms with van der Waals surface area (Å²) in [5.74, 6) is 0. The molecule has 0 radical (unpaired) electrons. The summed E-state index contributed by atoms with van der Waals surface area (Å²) >= 11 is 0. The summed E-state index contributed by atoms with van der Waals surface area (Å²) in [6.07, 6.45) is -0.276. The summed E-state index contributed by atoms with van der Waals surface area (Å²) in [5, 5.41) is 4.12. The molecular weight excluding hydrogens is 209 g/mol. The second-order valence-corrected chi connectivity index (χ2v) is 3.08. The van der Waals surface area contributed by atoms with Crippen molar-refractivity contribution < 1.29 is 13.2 Å². The summed E-state index contributed by atoms with van der Waals surface area (Å²) in [6.45, 7) is -1.15. The molecule has 0 atom stereocenters. The van der Waals surface area contributed by atoms with Gasteiger partial charge in [0.15, 0.2) is 0 Å². The van der Waals surface area contributed by atoms with Crippen LogP contribution >= 0.6 is 0 Å². The van der Waals surface area contributed by atoms with Crippen molar-refractivity contribution in [3.8, 4) is 0 Å². The summed E-state index contributed by atoms with van der Waals surface area (Å²) in [4.78, 5) is 3.76. The van der Waals surface area contributed by atoms with Crippen LogP contribution < -0.4 is 5.73 Å². The number of anilines is 1. The lowest BCUT2D eigenvalue weighted by Crippen LogP contribution is -2.18. The molecule has 0 aliphatic carbocycles. The number of nitrogens with zero attached hydrogens (tertiary/aromatic N) is 3. The molecule has 2 heterocycles. The van der Waals surface area contributed by atoms with Gasteiger partial charge in [-0.05, 0) is 0 Å². The first-order chi connectivity index (χ1) is 6.97. The van der Waals surface area contributed by atoms with Gasteiger partial charge in [0, 0.05) is 11.6 Å². The lowest BCUT2D eigenvalue weighted by atomic mass is 10.3. The van der Waals surface area contributed by atoms with Crippen LogP contribution in [0.15, 0.2) is 18.6 Å². The molecule has 15 heavy (non-hydrogen) atoms. The number of pyridine rings is 1. The molecule has 2 N–H and O–H groups in total. The molecule has 80 valence electrons. The van der Waals surface area contributed by atoms with Crippen LogP contribution in [0.2, 0.25) is 0 Å². The maximum absolute atomic E-state index is 12.2. The Morgan fingerprint density at radius 2 is 2.00 bits per heavy atom. The predicted molar refractivity (Wildman–Crippen MR) is 48.0 cm³/mol. The van der Waals surface area contributed by atoms with Crippen molar-refractivity contribution in [1.82, 2.24) is 14.8 Å². The fourth-order valence-electron chi connectivity index (χ4n) is 1.36. The zero-order chi connectivity index (χ0) is 11.1. The highest BCUT2D eigenvalue weighted by Gasteiger charge is 2.29. The Bertz CT molecular complexity index is 488. The predicted octanol–water partition coefficient (Wildman–Crippen LogP) is 1.58. The molecule has 0 aromatic carbocycles. The molecule has 0 amide bonds. The van der Waals surface area contributed by atoms with Crippen LogP contribution in [-0.4, -0.2) is 20.9 Å². The standard InChI is InChI=1S/C8H7F3N4/c9-8(10,11)4-15-7-5(2-14-15)1-13-3-6(7)12/h1-3H,4,12H2. The van der Waals surface area contributed by atoms with Crippen molar-refractivity contribution in [1.29, 1.82) is 0 Å².